The molecule has 0 spiro atoms. The third-order valence-corrected chi connectivity index (χ3v) is 4.76. The number of nitrogens with zero attached hydrogens (tertiary/aromatic N) is 1. The molecule has 0 radical (unpaired) electrons. The maximum Gasteiger partial charge on any atom is 0.225 e. The van der Waals surface area contributed by atoms with Gasteiger partial charge in [0.25, 0.3) is 0 Å². The first-order valence-electron chi connectivity index (χ1n) is 6.63. The van der Waals surface area contributed by atoms with E-state index >= 15 is 0 Å². The first-order chi connectivity index (χ1) is 8.70. The highest BCUT2D eigenvalue weighted by molar-refractivity contribution is 9.10. The van der Waals surface area contributed by atoms with E-state index in [0.717, 1.165) is 16.4 Å². The Balaban J connectivity index is 1.56. The Hall–Kier alpha value is -0.900. The van der Waals surface area contributed by atoms with Gasteiger partial charge in [0.2, 0.25) is 5.91 Å². The Morgan fingerprint density at radius 3 is 2.94 bits per heavy atom. The minimum Gasteiger partial charge on any atom is -0.311 e. The van der Waals surface area contributed by atoms with Gasteiger partial charge in [-0.25, -0.2) is 4.98 Å². The van der Waals surface area contributed by atoms with Crippen molar-refractivity contribution in [2.45, 2.75) is 32.1 Å². The molecule has 96 valence electrons. The second-order valence-electron chi connectivity index (χ2n) is 5.53. The van der Waals surface area contributed by atoms with Gasteiger partial charge in [-0.15, -0.1) is 0 Å². The van der Waals surface area contributed by atoms with E-state index < -0.39 is 0 Å². The lowest BCUT2D eigenvalue weighted by Gasteiger charge is -2.20. The van der Waals surface area contributed by atoms with E-state index in [1.54, 1.807) is 0 Å². The van der Waals surface area contributed by atoms with Crippen molar-refractivity contribution in [3.63, 3.8) is 0 Å². The number of nitrogens with one attached hydrogen (secondary N) is 1. The van der Waals surface area contributed by atoms with E-state index in [2.05, 4.69) is 26.2 Å². The van der Waals surface area contributed by atoms with Crippen molar-refractivity contribution in [2.75, 3.05) is 5.32 Å². The van der Waals surface area contributed by atoms with Crippen LogP contribution in [0.3, 0.4) is 0 Å². The fourth-order valence-electron chi connectivity index (χ4n) is 3.54. The van der Waals surface area contributed by atoms with E-state index in [9.17, 15) is 4.79 Å². The largest absolute Gasteiger partial charge is 0.311 e. The number of carbonyl (C=O) groups excluding carboxylic acids is 1. The average Bonchev–Trinajstić information content (AvgIpc) is 2.90. The molecule has 1 heterocycles. The van der Waals surface area contributed by atoms with Crippen LogP contribution in [0.4, 0.5) is 5.82 Å². The molecule has 2 bridgehead atoms. The fourth-order valence-corrected chi connectivity index (χ4v) is 3.88. The molecule has 1 aromatic rings. The molecule has 1 N–H and O–H groups in total. The maximum absolute atomic E-state index is 12.0. The Bertz CT molecular complexity index is 463. The first kappa shape index (κ1) is 12.2. The number of aromatic nitrogens is 1. The highest BCUT2D eigenvalue weighted by Crippen LogP contribution is 2.49. The summed E-state index contributed by atoms with van der Waals surface area (Å²) in [5.74, 6) is 3.06. The van der Waals surface area contributed by atoms with Crippen molar-refractivity contribution in [1.82, 2.24) is 4.98 Å². The third kappa shape index (κ3) is 2.58. The molecule has 3 nitrogen and oxygen atoms in total. The van der Waals surface area contributed by atoms with Crippen LogP contribution in [0.15, 0.2) is 22.8 Å². The van der Waals surface area contributed by atoms with Crippen LogP contribution < -0.4 is 5.32 Å². The summed E-state index contributed by atoms with van der Waals surface area (Å²) < 4.78 is 0.750. The van der Waals surface area contributed by atoms with Crippen molar-refractivity contribution >= 4 is 27.7 Å². The zero-order valence-electron chi connectivity index (χ0n) is 10.2. The molecule has 3 rings (SSSR count). The summed E-state index contributed by atoms with van der Waals surface area (Å²) in [5.41, 5.74) is 0. The highest BCUT2D eigenvalue weighted by atomic mass is 79.9. The number of amides is 1. The molecule has 2 aliphatic carbocycles. The van der Waals surface area contributed by atoms with E-state index in [0.29, 0.717) is 18.2 Å². The third-order valence-electron chi connectivity index (χ3n) is 4.31. The Morgan fingerprint density at radius 2 is 2.28 bits per heavy atom. The number of anilines is 1. The van der Waals surface area contributed by atoms with Crippen LogP contribution in [0.5, 0.6) is 0 Å². The van der Waals surface area contributed by atoms with Crippen molar-refractivity contribution < 1.29 is 4.79 Å². The second-order valence-corrected chi connectivity index (χ2v) is 6.35. The number of pyridine rings is 1. The summed E-state index contributed by atoms with van der Waals surface area (Å²) in [6.07, 6.45) is 5.99. The van der Waals surface area contributed by atoms with Crippen LogP contribution in [-0.4, -0.2) is 10.9 Å². The number of rotatable bonds is 3. The standard InChI is InChI=1S/C14H17BrN2O/c15-12-2-1-3-13(16-12)17-14(18)8-11-7-9-4-5-10(11)6-9/h1-3,9-11H,4-8H2,(H,16,17,18). The van der Waals surface area contributed by atoms with Crippen molar-refractivity contribution in [1.29, 1.82) is 0 Å². The van der Waals surface area contributed by atoms with Gasteiger partial charge >= 0.3 is 0 Å². The molecular weight excluding hydrogens is 292 g/mol. The Morgan fingerprint density at radius 1 is 1.39 bits per heavy atom. The summed E-state index contributed by atoms with van der Waals surface area (Å²) >= 11 is 3.30. The summed E-state index contributed by atoms with van der Waals surface area (Å²) in [5, 5.41) is 2.89. The Kier molecular flexibility index (Phi) is 3.37. The molecule has 0 aromatic carbocycles. The van der Waals surface area contributed by atoms with Gasteiger partial charge in [-0.05, 0) is 65.1 Å². The van der Waals surface area contributed by atoms with Gasteiger partial charge in [0, 0.05) is 6.42 Å². The van der Waals surface area contributed by atoms with Crippen LogP contribution in [0, 0.1) is 17.8 Å². The van der Waals surface area contributed by atoms with Crippen LogP contribution in [0.1, 0.15) is 32.1 Å². The van der Waals surface area contributed by atoms with Gasteiger partial charge in [0.15, 0.2) is 0 Å². The van der Waals surface area contributed by atoms with Crippen LogP contribution in [-0.2, 0) is 4.79 Å². The van der Waals surface area contributed by atoms with E-state index in [1.807, 2.05) is 18.2 Å². The number of hydrogen-bond acceptors (Lipinski definition) is 2. The summed E-state index contributed by atoms with van der Waals surface area (Å²) in [6.45, 7) is 0. The number of halogens is 1. The molecule has 3 atom stereocenters. The summed E-state index contributed by atoms with van der Waals surface area (Å²) in [4.78, 5) is 16.2. The average molecular weight is 309 g/mol. The first-order valence-corrected chi connectivity index (χ1v) is 7.42. The lowest BCUT2D eigenvalue weighted by molar-refractivity contribution is -0.117. The Labute approximate surface area is 116 Å². The molecule has 2 aliphatic rings. The van der Waals surface area contributed by atoms with Gasteiger partial charge in [-0.2, -0.15) is 0 Å². The minimum absolute atomic E-state index is 0.109. The molecule has 0 aliphatic heterocycles. The smallest absolute Gasteiger partial charge is 0.225 e. The van der Waals surface area contributed by atoms with Crippen molar-refractivity contribution in [2.24, 2.45) is 17.8 Å². The topological polar surface area (TPSA) is 42.0 Å². The van der Waals surface area contributed by atoms with Crippen LogP contribution in [0.25, 0.3) is 0 Å². The number of hydrogen-bond donors (Lipinski definition) is 1. The van der Waals surface area contributed by atoms with Crippen molar-refractivity contribution in [3.05, 3.63) is 22.8 Å². The molecule has 1 aromatic heterocycles. The zero-order chi connectivity index (χ0) is 12.5. The normalized spacial score (nSPS) is 29.5. The predicted octanol–water partition coefficient (Wildman–Crippen LogP) is 3.61. The highest BCUT2D eigenvalue weighted by Gasteiger charge is 2.40. The SMILES string of the molecule is O=C(CC1CC2CCC1C2)Nc1cccc(Br)n1. The quantitative estimate of drug-likeness (QED) is 0.867. The van der Waals surface area contributed by atoms with E-state index in [1.165, 1.54) is 25.7 Å². The number of fused-ring (bicyclic) bond motifs is 2. The zero-order valence-corrected chi connectivity index (χ0v) is 11.8. The van der Waals surface area contributed by atoms with E-state index in [4.69, 9.17) is 0 Å². The number of carbonyl (C=O) groups is 1. The van der Waals surface area contributed by atoms with Gasteiger partial charge < -0.3 is 5.32 Å². The molecule has 4 heteroatoms. The molecular formula is C14H17BrN2O. The van der Waals surface area contributed by atoms with E-state index in [-0.39, 0.29) is 5.91 Å². The molecule has 0 saturated heterocycles. The van der Waals surface area contributed by atoms with Gasteiger partial charge in [0.1, 0.15) is 10.4 Å². The molecule has 18 heavy (non-hydrogen) atoms. The van der Waals surface area contributed by atoms with Gasteiger partial charge in [-0.1, -0.05) is 12.5 Å². The second kappa shape index (κ2) is 5.00. The predicted molar refractivity (Wildman–Crippen MR) is 74.1 cm³/mol. The molecule has 2 fully saturated rings. The van der Waals surface area contributed by atoms with Crippen LogP contribution >= 0.6 is 15.9 Å². The summed E-state index contributed by atoms with van der Waals surface area (Å²) in [7, 11) is 0. The fraction of sp³-hybridized carbons (Fsp3) is 0.571. The van der Waals surface area contributed by atoms with Gasteiger partial charge in [-0.3, -0.25) is 4.79 Å². The lowest BCUT2D eigenvalue weighted by Crippen LogP contribution is -2.20. The van der Waals surface area contributed by atoms with Crippen molar-refractivity contribution in [3.8, 4) is 0 Å². The molecule has 3 unspecified atom stereocenters. The summed E-state index contributed by atoms with van der Waals surface area (Å²) in [6, 6.07) is 5.55. The maximum atomic E-state index is 12.0. The molecule has 1 amide bonds. The van der Waals surface area contributed by atoms with Gasteiger partial charge in [0.05, 0.1) is 0 Å². The molecule has 2 saturated carbocycles. The monoisotopic (exact) mass is 308 g/mol. The minimum atomic E-state index is 0.109. The van der Waals surface area contributed by atoms with Crippen LogP contribution in [0.2, 0.25) is 0 Å². The lowest BCUT2D eigenvalue weighted by atomic mass is 9.86.